The van der Waals surface area contributed by atoms with Crippen molar-refractivity contribution in [1.29, 1.82) is 0 Å². The Hall–Kier alpha value is -3.26. The lowest BCUT2D eigenvalue weighted by Crippen LogP contribution is -2.39. The molecule has 0 saturated heterocycles. The average molecular weight is 468 g/mol. The summed E-state index contributed by atoms with van der Waals surface area (Å²) in [5.74, 6) is 0.102. The largest absolute Gasteiger partial charge is 0.486 e. The van der Waals surface area contributed by atoms with Gasteiger partial charge >= 0.3 is 0 Å². The van der Waals surface area contributed by atoms with Crippen LogP contribution in [0.3, 0.4) is 0 Å². The van der Waals surface area contributed by atoms with Gasteiger partial charge in [0.25, 0.3) is 5.91 Å². The SMILES string of the molecule is CC(=O)N1CCc2ccc(OCc3nc(C(=O)NC(C)C)cs3)cc2[C@H]1c1ccc(F)cc1. The Labute approximate surface area is 196 Å². The van der Waals surface area contributed by atoms with Crippen molar-refractivity contribution < 1.29 is 18.7 Å². The van der Waals surface area contributed by atoms with E-state index in [0.717, 1.165) is 23.1 Å². The molecule has 172 valence electrons. The smallest absolute Gasteiger partial charge is 0.270 e. The lowest BCUT2D eigenvalue weighted by atomic mass is 9.88. The molecule has 33 heavy (non-hydrogen) atoms. The summed E-state index contributed by atoms with van der Waals surface area (Å²) < 4.78 is 19.5. The van der Waals surface area contributed by atoms with Gasteiger partial charge in [0.2, 0.25) is 5.91 Å². The van der Waals surface area contributed by atoms with Gasteiger partial charge in [-0.05, 0) is 61.2 Å². The molecule has 0 radical (unpaired) electrons. The minimum Gasteiger partial charge on any atom is -0.486 e. The third kappa shape index (κ3) is 5.22. The van der Waals surface area contributed by atoms with Gasteiger partial charge in [0.05, 0.1) is 6.04 Å². The van der Waals surface area contributed by atoms with Gasteiger partial charge in [-0.15, -0.1) is 11.3 Å². The van der Waals surface area contributed by atoms with Crippen molar-refractivity contribution in [3.63, 3.8) is 0 Å². The van der Waals surface area contributed by atoms with E-state index < -0.39 is 0 Å². The molecular weight excluding hydrogens is 441 g/mol. The molecule has 0 saturated carbocycles. The standard InChI is InChI=1S/C25H26FN3O3S/c1-15(2)27-25(31)22-14-33-23(28-22)13-32-20-9-6-17-10-11-29(16(3)30)24(21(17)12-20)18-4-7-19(26)8-5-18/h4-9,12,14-15,24H,10-11,13H2,1-3H3,(H,27,31)/t24-/m1/s1. The normalized spacial score (nSPS) is 15.3. The van der Waals surface area contributed by atoms with E-state index >= 15 is 0 Å². The molecule has 0 bridgehead atoms. The molecule has 1 N–H and O–H groups in total. The Morgan fingerprint density at radius 2 is 2.00 bits per heavy atom. The fourth-order valence-electron chi connectivity index (χ4n) is 3.99. The summed E-state index contributed by atoms with van der Waals surface area (Å²) in [7, 11) is 0. The van der Waals surface area contributed by atoms with Crippen molar-refractivity contribution in [2.45, 2.75) is 45.9 Å². The minimum absolute atomic E-state index is 0.0312. The second-order valence-electron chi connectivity index (χ2n) is 8.32. The van der Waals surface area contributed by atoms with Crippen molar-refractivity contribution in [3.05, 3.63) is 81.1 Å². The van der Waals surface area contributed by atoms with Crippen molar-refractivity contribution in [2.24, 2.45) is 0 Å². The molecule has 2 heterocycles. The number of nitrogens with one attached hydrogen (secondary N) is 1. The molecule has 1 aromatic heterocycles. The second-order valence-corrected chi connectivity index (χ2v) is 9.26. The zero-order chi connectivity index (χ0) is 23.5. The summed E-state index contributed by atoms with van der Waals surface area (Å²) in [6.45, 7) is 6.19. The predicted molar refractivity (Wildman–Crippen MR) is 125 cm³/mol. The molecule has 0 unspecified atom stereocenters. The zero-order valence-electron chi connectivity index (χ0n) is 18.8. The molecule has 3 aromatic rings. The molecule has 4 rings (SSSR count). The molecule has 1 aliphatic heterocycles. The highest BCUT2D eigenvalue weighted by Crippen LogP contribution is 2.37. The van der Waals surface area contributed by atoms with Crippen LogP contribution in [0.4, 0.5) is 4.39 Å². The monoisotopic (exact) mass is 467 g/mol. The quantitative estimate of drug-likeness (QED) is 0.580. The number of hydrogen-bond donors (Lipinski definition) is 1. The van der Waals surface area contributed by atoms with E-state index in [0.29, 0.717) is 23.0 Å². The van der Waals surface area contributed by atoms with E-state index in [1.54, 1.807) is 29.3 Å². The molecule has 1 atom stereocenters. The van der Waals surface area contributed by atoms with Crippen molar-refractivity contribution >= 4 is 23.2 Å². The Morgan fingerprint density at radius 3 is 2.70 bits per heavy atom. The number of carbonyl (C=O) groups is 2. The van der Waals surface area contributed by atoms with Gasteiger partial charge in [0, 0.05) is 24.9 Å². The molecule has 8 heteroatoms. The predicted octanol–water partition coefficient (Wildman–Crippen LogP) is 4.49. The Kier molecular flexibility index (Phi) is 6.74. The van der Waals surface area contributed by atoms with E-state index in [1.807, 2.05) is 32.0 Å². The fraction of sp³-hybridized carbons (Fsp3) is 0.320. The van der Waals surface area contributed by atoms with Crippen LogP contribution < -0.4 is 10.1 Å². The molecule has 0 spiro atoms. The van der Waals surface area contributed by atoms with Crippen molar-refractivity contribution in [2.75, 3.05) is 6.54 Å². The first-order chi connectivity index (χ1) is 15.8. The van der Waals surface area contributed by atoms with E-state index in [-0.39, 0.29) is 36.3 Å². The van der Waals surface area contributed by atoms with Crippen LogP contribution >= 0.6 is 11.3 Å². The van der Waals surface area contributed by atoms with Crippen molar-refractivity contribution in [1.82, 2.24) is 15.2 Å². The maximum atomic E-state index is 13.5. The van der Waals surface area contributed by atoms with Gasteiger partial charge in [-0.25, -0.2) is 9.37 Å². The highest BCUT2D eigenvalue weighted by atomic mass is 32.1. The van der Waals surface area contributed by atoms with Gasteiger partial charge < -0.3 is 15.0 Å². The van der Waals surface area contributed by atoms with Crippen LogP contribution in [-0.2, 0) is 17.8 Å². The van der Waals surface area contributed by atoms with Crippen LogP contribution in [0, 0.1) is 5.82 Å². The lowest BCUT2D eigenvalue weighted by molar-refractivity contribution is -0.130. The molecule has 6 nitrogen and oxygen atoms in total. The van der Waals surface area contributed by atoms with Crippen LogP contribution in [-0.4, -0.2) is 34.3 Å². The maximum Gasteiger partial charge on any atom is 0.270 e. The van der Waals surface area contributed by atoms with E-state index in [1.165, 1.54) is 23.5 Å². The summed E-state index contributed by atoms with van der Waals surface area (Å²) in [5, 5.41) is 5.24. The van der Waals surface area contributed by atoms with E-state index in [4.69, 9.17) is 4.74 Å². The fourth-order valence-corrected chi connectivity index (χ4v) is 4.67. The van der Waals surface area contributed by atoms with Gasteiger partial charge in [-0.2, -0.15) is 0 Å². The van der Waals surface area contributed by atoms with Gasteiger partial charge in [-0.1, -0.05) is 18.2 Å². The Bertz CT molecular complexity index is 1160. The average Bonchev–Trinajstić information content (AvgIpc) is 3.26. The molecule has 0 aliphatic carbocycles. The number of nitrogens with zero attached hydrogens (tertiary/aromatic N) is 2. The second kappa shape index (κ2) is 9.70. The zero-order valence-corrected chi connectivity index (χ0v) is 19.6. The summed E-state index contributed by atoms with van der Waals surface area (Å²) in [5.41, 5.74) is 3.34. The van der Waals surface area contributed by atoms with Gasteiger partial charge in [-0.3, -0.25) is 9.59 Å². The van der Waals surface area contributed by atoms with Crippen LogP contribution in [0.2, 0.25) is 0 Å². The molecule has 0 fully saturated rings. The molecular formula is C25H26FN3O3S. The minimum atomic E-state index is -0.314. The highest BCUT2D eigenvalue weighted by molar-refractivity contribution is 7.09. The summed E-state index contributed by atoms with van der Waals surface area (Å²) in [6.07, 6.45) is 0.744. The van der Waals surface area contributed by atoms with Crippen LogP contribution in [0.1, 0.15) is 59.0 Å². The molecule has 2 amide bonds. The maximum absolute atomic E-state index is 13.5. The number of rotatable bonds is 6. The topological polar surface area (TPSA) is 71.5 Å². The van der Waals surface area contributed by atoms with E-state index in [9.17, 15) is 14.0 Å². The molecule has 2 aromatic carbocycles. The first-order valence-electron chi connectivity index (χ1n) is 10.9. The number of ether oxygens (including phenoxy) is 1. The first-order valence-corrected chi connectivity index (χ1v) is 11.7. The van der Waals surface area contributed by atoms with Crippen LogP contribution in [0.15, 0.2) is 47.8 Å². The number of aromatic nitrogens is 1. The third-order valence-corrected chi connectivity index (χ3v) is 6.32. The number of thiazole rings is 1. The Balaban J connectivity index is 1.56. The summed E-state index contributed by atoms with van der Waals surface area (Å²) >= 11 is 1.37. The first kappa shape index (κ1) is 22.9. The lowest BCUT2D eigenvalue weighted by Gasteiger charge is -2.37. The number of amides is 2. The summed E-state index contributed by atoms with van der Waals surface area (Å²) in [6, 6.07) is 11.9. The van der Waals surface area contributed by atoms with E-state index in [2.05, 4.69) is 10.3 Å². The number of benzene rings is 2. The van der Waals surface area contributed by atoms with Gasteiger partial charge in [0.1, 0.15) is 28.9 Å². The van der Waals surface area contributed by atoms with Crippen LogP contribution in [0.5, 0.6) is 5.75 Å². The number of hydrogen-bond acceptors (Lipinski definition) is 5. The number of carbonyl (C=O) groups excluding carboxylic acids is 2. The Morgan fingerprint density at radius 1 is 1.24 bits per heavy atom. The van der Waals surface area contributed by atoms with Crippen LogP contribution in [0.25, 0.3) is 0 Å². The summed E-state index contributed by atoms with van der Waals surface area (Å²) in [4.78, 5) is 30.6. The number of fused-ring (bicyclic) bond motifs is 1. The third-order valence-electron chi connectivity index (χ3n) is 5.50. The highest BCUT2D eigenvalue weighted by Gasteiger charge is 2.31. The molecule has 1 aliphatic rings. The van der Waals surface area contributed by atoms with Gasteiger partial charge in [0.15, 0.2) is 0 Å². The van der Waals surface area contributed by atoms with Crippen molar-refractivity contribution in [3.8, 4) is 5.75 Å². The number of halogens is 1.